The molecular formula is C13H15NO2. The van der Waals surface area contributed by atoms with Gasteiger partial charge in [0.15, 0.2) is 5.78 Å². The number of amides is 1. The maximum atomic E-state index is 11.6. The standard InChI is InChI=1S/C13H15NO2/c1-9-5-3-4-6-12(9)10(2)14-8-11(15)7-13(14)16/h3-6,10H,7-8H2,1-2H3. The van der Waals surface area contributed by atoms with E-state index in [2.05, 4.69) is 0 Å². The summed E-state index contributed by atoms with van der Waals surface area (Å²) in [4.78, 5) is 24.5. The van der Waals surface area contributed by atoms with Crippen molar-refractivity contribution in [3.63, 3.8) is 0 Å². The Kier molecular flexibility index (Phi) is 2.77. The van der Waals surface area contributed by atoms with Crippen LogP contribution in [0, 0.1) is 6.92 Å². The van der Waals surface area contributed by atoms with Crippen molar-refractivity contribution in [1.82, 2.24) is 4.90 Å². The Hall–Kier alpha value is -1.64. The van der Waals surface area contributed by atoms with E-state index in [1.807, 2.05) is 38.1 Å². The molecule has 0 spiro atoms. The van der Waals surface area contributed by atoms with Crippen LogP contribution in [0.4, 0.5) is 0 Å². The van der Waals surface area contributed by atoms with E-state index in [1.54, 1.807) is 4.90 Å². The van der Waals surface area contributed by atoms with Crippen molar-refractivity contribution in [2.75, 3.05) is 6.54 Å². The van der Waals surface area contributed by atoms with Gasteiger partial charge < -0.3 is 4.90 Å². The highest BCUT2D eigenvalue weighted by Gasteiger charge is 2.31. The van der Waals surface area contributed by atoms with Gasteiger partial charge in [0, 0.05) is 0 Å². The van der Waals surface area contributed by atoms with Gasteiger partial charge in [-0.3, -0.25) is 9.59 Å². The maximum Gasteiger partial charge on any atom is 0.230 e. The first-order chi connectivity index (χ1) is 7.59. The Bertz CT molecular complexity index is 439. The first kappa shape index (κ1) is 10.9. The van der Waals surface area contributed by atoms with Gasteiger partial charge >= 0.3 is 0 Å². The molecule has 0 aliphatic carbocycles. The van der Waals surface area contributed by atoms with Crippen LogP contribution in [0.25, 0.3) is 0 Å². The van der Waals surface area contributed by atoms with E-state index in [0.717, 1.165) is 11.1 Å². The lowest BCUT2D eigenvalue weighted by atomic mass is 10.0. The Balaban J connectivity index is 2.26. The smallest absolute Gasteiger partial charge is 0.230 e. The Morgan fingerprint density at radius 1 is 1.25 bits per heavy atom. The molecule has 1 saturated heterocycles. The number of Topliss-reactive ketones (excluding diaryl/α,β-unsaturated/α-hetero) is 1. The van der Waals surface area contributed by atoms with Gasteiger partial charge in [0.2, 0.25) is 5.91 Å². The summed E-state index contributed by atoms with van der Waals surface area (Å²) in [6.07, 6.45) is 0.0657. The fraction of sp³-hybridized carbons (Fsp3) is 0.385. The van der Waals surface area contributed by atoms with Crippen molar-refractivity contribution < 1.29 is 9.59 Å². The number of ketones is 1. The summed E-state index contributed by atoms with van der Waals surface area (Å²) in [5.41, 5.74) is 2.27. The Morgan fingerprint density at radius 2 is 1.94 bits per heavy atom. The summed E-state index contributed by atoms with van der Waals surface area (Å²) >= 11 is 0. The van der Waals surface area contributed by atoms with Crippen LogP contribution in [0.1, 0.15) is 30.5 Å². The zero-order valence-electron chi connectivity index (χ0n) is 9.56. The summed E-state index contributed by atoms with van der Waals surface area (Å²) in [6, 6.07) is 7.95. The van der Waals surface area contributed by atoms with Gasteiger partial charge in [-0.2, -0.15) is 0 Å². The molecule has 3 heteroatoms. The monoisotopic (exact) mass is 217 g/mol. The molecule has 1 fully saturated rings. The maximum absolute atomic E-state index is 11.6. The van der Waals surface area contributed by atoms with E-state index < -0.39 is 0 Å². The van der Waals surface area contributed by atoms with E-state index in [9.17, 15) is 9.59 Å². The SMILES string of the molecule is Cc1ccccc1C(C)N1CC(=O)CC1=O. The van der Waals surface area contributed by atoms with E-state index in [-0.39, 0.29) is 30.7 Å². The summed E-state index contributed by atoms with van der Waals surface area (Å²) in [7, 11) is 0. The average Bonchev–Trinajstić information content (AvgIpc) is 2.58. The van der Waals surface area contributed by atoms with Crippen molar-refractivity contribution in [3.05, 3.63) is 35.4 Å². The molecule has 84 valence electrons. The quantitative estimate of drug-likeness (QED) is 0.709. The highest BCUT2D eigenvalue weighted by molar-refractivity contribution is 6.05. The highest BCUT2D eigenvalue weighted by atomic mass is 16.2. The lowest BCUT2D eigenvalue weighted by Crippen LogP contribution is -2.29. The molecular weight excluding hydrogens is 202 g/mol. The number of rotatable bonds is 2. The first-order valence-corrected chi connectivity index (χ1v) is 5.46. The number of aryl methyl sites for hydroxylation is 1. The molecule has 1 aliphatic heterocycles. The predicted molar refractivity (Wildman–Crippen MR) is 60.9 cm³/mol. The minimum absolute atomic E-state index is 0.0138. The van der Waals surface area contributed by atoms with Crippen molar-refractivity contribution in [3.8, 4) is 0 Å². The largest absolute Gasteiger partial charge is 0.328 e. The van der Waals surface area contributed by atoms with E-state index in [4.69, 9.17) is 0 Å². The van der Waals surface area contributed by atoms with Crippen molar-refractivity contribution >= 4 is 11.7 Å². The van der Waals surface area contributed by atoms with Crippen LogP contribution in [0.15, 0.2) is 24.3 Å². The molecule has 1 aromatic carbocycles. The fourth-order valence-electron chi connectivity index (χ4n) is 2.18. The van der Waals surface area contributed by atoms with Crippen molar-refractivity contribution in [2.24, 2.45) is 0 Å². The first-order valence-electron chi connectivity index (χ1n) is 5.46. The number of hydrogen-bond acceptors (Lipinski definition) is 2. The number of likely N-dealkylation sites (tertiary alicyclic amines) is 1. The number of hydrogen-bond donors (Lipinski definition) is 0. The lowest BCUT2D eigenvalue weighted by molar-refractivity contribution is -0.129. The van der Waals surface area contributed by atoms with Crippen LogP contribution in [-0.4, -0.2) is 23.1 Å². The molecule has 0 saturated carbocycles. The second-order valence-electron chi connectivity index (χ2n) is 4.27. The van der Waals surface area contributed by atoms with Gasteiger partial charge in [0.05, 0.1) is 19.0 Å². The van der Waals surface area contributed by atoms with Gasteiger partial charge in [0.1, 0.15) is 0 Å². The van der Waals surface area contributed by atoms with Crippen LogP contribution >= 0.6 is 0 Å². The highest BCUT2D eigenvalue weighted by Crippen LogP contribution is 2.26. The minimum atomic E-state index is -0.0549. The van der Waals surface area contributed by atoms with Gasteiger partial charge in [-0.05, 0) is 25.0 Å². The Morgan fingerprint density at radius 3 is 2.50 bits per heavy atom. The summed E-state index contributed by atoms with van der Waals surface area (Å²) < 4.78 is 0. The molecule has 1 amide bonds. The minimum Gasteiger partial charge on any atom is -0.328 e. The average molecular weight is 217 g/mol. The van der Waals surface area contributed by atoms with Crippen LogP contribution in [0.2, 0.25) is 0 Å². The fourth-order valence-corrected chi connectivity index (χ4v) is 2.18. The van der Waals surface area contributed by atoms with E-state index >= 15 is 0 Å². The van der Waals surface area contributed by atoms with Crippen molar-refractivity contribution in [1.29, 1.82) is 0 Å². The van der Waals surface area contributed by atoms with Crippen LogP contribution in [-0.2, 0) is 9.59 Å². The third kappa shape index (κ3) is 1.85. The molecule has 0 bridgehead atoms. The molecule has 1 aromatic rings. The van der Waals surface area contributed by atoms with Gasteiger partial charge in [-0.15, -0.1) is 0 Å². The normalized spacial score (nSPS) is 18.0. The summed E-state index contributed by atoms with van der Waals surface area (Å²) in [6.45, 7) is 4.25. The topological polar surface area (TPSA) is 37.4 Å². The predicted octanol–water partition coefficient (Wildman–Crippen LogP) is 1.86. The molecule has 0 N–H and O–H groups in total. The molecule has 1 heterocycles. The number of benzene rings is 1. The second kappa shape index (κ2) is 4.08. The summed E-state index contributed by atoms with van der Waals surface area (Å²) in [5, 5.41) is 0. The zero-order chi connectivity index (χ0) is 11.7. The van der Waals surface area contributed by atoms with Gasteiger partial charge in [-0.25, -0.2) is 0 Å². The zero-order valence-corrected chi connectivity index (χ0v) is 9.56. The molecule has 0 radical (unpaired) electrons. The van der Waals surface area contributed by atoms with Crippen LogP contribution in [0.3, 0.4) is 0 Å². The molecule has 1 aliphatic rings. The molecule has 2 rings (SSSR count). The van der Waals surface area contributed by atoms with E-state index in [0.29, 0.717) is 0 Å². The summed E-state index contributed by atoms with van der Waals surface area (Å²) in [5.74, 6) is -0.0359. The molecule has 1 unspecified atom stereocenters. The van der Waals surface area contributed by atoms with Crippen molar-refractivity contribution in [2.45, 2.75) is 26.3 Å². The van der Waals surface area contributed by atoms with E-state index in [1.165, 1.54) is 0 Å². The number of carbonyl (C=O) groups excluding carboxylic acids is 2. The third-order valence-electron chi connectivity index (χ3n) is 3.12. The molecule has 1 atom stereocenters. The second-order valence-corrected chi connectivity index (χ2v) is 4.27. The van der Waals surface area contributed by atoms with Crippen LogP contribution in [0.5, 0.6) is 0 Å². The molecule has 3 nitrogen and oxygen atoms in total. The number of nitrogens with zero attached hydrogens (tertiary/aromatic N) is 1. The van der Waals surface area contributed by atoms with Gasteiger partial charge in [0.25, 0.3) is 0 Å². The number of carbonyl (C=O) groups is 2. The lowest BCUT2D eigenvalue weighted by Gasteiger charge is -2.25. The van der Waals surface area contributed by atoms with Crippen LogP contribution < -0.4 is 0 Å². The Labute approximate surface area is 95.1 Å². The third-order valence-corrected chi connectivity index (χ3v) is 3.12. The van der Waals surface area contributed by atoms with Gasteiger partial charge in [-0.1, -0.05) is 24.3 Å². The molecule has 16 heavy (non-hydrogen) atoms. The molecule has 0 aromatic heterocycles.